The molecule has 1 aromatic carbocycles. The van der Waals surface area contributed by atoms with Crippen LogP contribution in [0.4, 0.5) is 5.69 Å². The average molecular weight is 391 g/mol. The number of pyridine rings is 1. The van der Waals surface area contributed by atoms with Crippen molar-refractivity contribution in [2.75, 3.05) is 4.72 Å². The largest absolute Gasteiger partial charge is 0.471 e. The van der Waals surface area contributed by atoms with E-state index in [9.17, 15) is 8.42 Å². The van der Waals surface area contributed by atoms with E-state index in [4.69, 9.17) is 16.3 Å². The van der Waals surface area contributed by atoms with E-state index >= 15 is 0 Å². The molecule has 0 saturated carbocycles. The maximum absolute atomic E-state index is 12.7. The first-order chi connectivity index (χ1) is 12.5. The van der Waals surface area contributed by atoms with Crippen LogP contribution in [0.2, 0.25) is 5.02 Å². The van der Waals surface area contributed by atoms with Gasteiger partial charge in [-0.3, -0.25) is 9.71 Å². The lowest BCUT2D eigenvalue weighted by Gasteiger charge is -2.13. The summed E-state index contributed by atoms with van der Waals surface area (Å²) in [5.74, 6) is 0.118. The molecule has 0 fully saturated rings. The van der Waals surface area contributed by atoms with Crippen LogP contribution in [0.1, 0.15) is 11.1 Å². The molecule has 0 spiro atoms. The van der Waals surface area contributed by atoms with Gasteiger partial charge in [-0.05, 0) is 30.7 Å². The van der Waals surface area contributed by atoms with Crippen molar-refractivity contribution in [3.8, 4) is 5.88 Å². The Labute approximate surface area is 156 Å². The van der Waals surface area contributed by atoms with Crippen molar-refractivity contribution in [1.29, 1.82) is 0 Å². The van der Waals surface area contributed by atoms with Crippen molar-refractivity contribution in [2.24, 2.45) is 0 Å². The average Bonchev–Trinajstić information content (AvgIpc) is 2.64. The summed E-state index contributed by atoms with van der Waals surface area (Å²) in [5, 5.41) is 0.366. The van der Waals surface area contributed by atoms with Crippen LogP contribution in [0.5, 0.6) is 5.88 Å². The molecule has 0 aliphatic rings. The molecule has 26 heavy (non-hydrogen) atoms. The van der Waals surface area contributed by atoms with Crippen LogP contribution in [-0.2, 0) is 16.6 Å². The molecule has 1 N–H and O–H groups in total. The summed E-state index contributed by atoms with van der Waals surface area (Å²) in [5.41, 5.74) is 1.41. The molecule has 0 amide bonds. The number of aromatic nitrogens is 3. The standard InChI is InChI=1S/C17H15ClN4O3S/c1-12-14(18)5-2-6-16(12)26(23,24)22-15-9-20-11-21-17(15)25-10-13-4-3-7-19-8-13/h2-9,11,22H,10H2,1H3. The van der Waals surface area contributed by atoms with E-state index < -0.39 is 10.0 Å². The third kappa shape index (κ3) is 4.09. The first kappa shape index (κ1) is 18.1. The lowest BCUT2D eigenvalue weighted by atomic mass is 10.2. The zero-order valence-electron chi connectivity index (χ0n) is 13.8. The second kappa shape index (κ2) is 7.67. The summed E-state index contributed by atoms with van der Waals surface area (Å²) in [6.45, 7) is 1.83. The number of rotatable bonds is 6. The molecule has 134 valence electrons. The first-order valence-electron chi connectivity index (χ1n) is 7.57. The summed E-state index contributed by atoms with van der Waals surface area (Å²) < 4.78 is 33.5. The Morgan fingerprint density at radius 2 is 2.00 bits per heavy atom. The van der Waals surface area contributed by atoms with E-state index in [-0.39, 0.29) is 23.1 Å². The number of sulfonamides is 1. The van der Waals surface area contributed by atoms with E-state index in [1.54, 1.807) is 37.5 Å². The zero-order chi connectivity index (χ0) is 18.6. The minimum Gasteiger partial charge on any atom is -0.471 e. The number of hydrogen-bond donors (Lipinski definition) is 1. The fourth-order valence-electron chi connectivity index (χ4n) is 2.22. The van der Waals surface area contributed by atoms with E-state index in [1.165, 1.54) is 18.6 Å². The number of benzene rings is 1. The molecule has 9 heteroatoms. The monoisotopic (exact) mass is 390 g/mol. The summed E-state index contributed by atoms with van der Waals surface area (Å²) in [4.78, 5) is 11.9. The smallest absolute Gasteiger partial charge is 0.262 e. The number of anilines is 1. The van der Waals surface area contributed by atoms with Crippen molar-refractivity contribution in [3.05, 3.63) is 71.4 Å². The fourth-order valence-corrected chi connectivity index (χ4v) is 3.76. The number of halogens is 1. The molecule has 0 aliphatic carbocycles. The van der Waals surface area contributed by atoms with Gasteiger partial charge in [0.05, 0.1) is 11.1 Å². The van der Waals surface area contributed by atoms with E-state index in [0.29, 0.717) is 10.6 Å². The van der Waals surface area contributed by atoms with Crippen LogP contribution >= 0.6 is 11.6 Å². The topological polar surface area (TPSA) is 94.1 Å². The Bertz CT molecular complexity index is 1010. The highest BCUT2D eigenvalue weighted by Gasteiger charge is 2.20. The van der Waals surface area contributed by atoms with E-state index in [1.807, 2.05) is 6.07 Å². The summed E-state index contributed by atoms with van der Waals surface area (Å²) in [6, 6.07) is 8.30. The molecular formula is C17H15ClN4O3S. The Morgan fingerprint density at radius 1 is 1.15 bits per heavy atom. The van der Waals surface area contributed by atoms with E-state index in [2.05, 4.69) is 19.7 Å². The van der Waals surface area contributed by atoms with E-state index in [0.717, 1.165) is 5.56 Å². The van der Waals surface area contributed by atoms with Crippen LogP contribution in [0, 0.1) is 6.92 Å². The maximum Gasteiger partial charge on any atom is 0.262 e. The minimum absolute atomic E-state index is 0.0760. The Kier molecular flexibility index (Phi) is 5.34. The maximum atomic E-state index is 12.7. The van der Waals surface area contributed by atoms with Gasteiger partial charge in [0.1, 0.15) is 18.6 Å². The lowest BCUT2D eigenvalue weighted by Crippen LogP contribution is -2.16. The molecule has 3 aromatic rings. The third-order valence-corrected chi connectivity index (χ3v) is 5.45. The summed E-state index contributed by atoms with van der Waals surface area (Å²) in [6.07, 6.45) is 5.92. The van der Waals surface area contributed by atoms with Gasteiger partial charge in [-0.15, -0.1) is 0 Å². The second-order valence-electron chi connectivity index (χ2n) is 5.36. The molecule has 0 atom stereocenters. The molecule has 2 heterocycles. The number of nitrogens with zero attached hydrogens (tertiary/aromatic N) is 3. The molecule has 2 aromatic heterocycles. The van der Waals surface area contributed by atoms with Crippen LogP contribution in [0.25, 0.3) is 0 Å². The van der Waals surface area contributed by atoms with Gasteiger partial charge in [0.25, 0.3) is 10.0 Å². The Hall–Kier alpha value is -2.71. The highest BCUT2D eigenvalue weighted by Crippen LogP contribution is 2.27. The number of ether oxygens (including phenoxy) is 1. The molecule has 3 rings (SSSR count). The van der Waals surface area contributed by atoms with Crippen LogP contribution in [0.15, 0.2) is 60.1 Å². The lowest BCUT2D eigenvalue weighted by molar-refractivity contribution is 0.294. The molecule has 7 nitrogen and oxygen atoms in total. The van der Waals surface area contributed by atoms with Crippen molar-refractivity contribution in [1.82, 2.24) is 15.0 Å². The van der Waals surface area contributed by atoms with Crippen molar-refractivity contribution in [2.45, 2.75) is 18.4 Å². The normalized spacial score (nSPS) is 11.2. The molecule has 0 aliphatic heterocycles. The molecule has 0 unspecified atom stereocenters. The van der Waals surface area contributed by atoms with Gasteiger partial charge in [-0.25, -0.2) is 13.4 Å². The minimum atomic E-state index is -3.88. The predicted octanol–water partition coefficient (Wildman–Crippen LogP) is 3.21. The van der Waals surface area contributed by atoms with Crippen LogP contribution in [0.3, 0.4) is 0 Å². The molecule has 0 bridgehead atoms. The van der Waals surface area contributed by atoms with Crippen molar-refractivity contribution >= 4 is 27.3 Å². The summed E-state index contributed by atoms with van der Waals surface area (Å²) >= 11 is 6.02. The molecule has 0 radical (unpaired) electrons. The molecule has 0 saturated heterocycles. The first-order valence-corrected chi connectivity index (χ1v) is 9.43. The Morgan fingerprint density at radius 3 is 2.77 bits per heavy atom. The second-order valence-corrected chi connectivity index (χ2v) is 7.42. The van der Waals surface area contributed by atoms with Gasteiger partial charge < -0.3 is 4.74 Å². The third-order valence-electron chi connectivity index (χ3n) is 3.53. The highest BCUT2D eigenvalue weighted by atomic mass is 35.5. The van der Waals surface area contributed by atoms with Gasteiger partial charge in [0.2, 0.25) is 5.88 Å². The van der Waals surface area contributed by atoms with Gasteiger partial charge in [-0.1, -0.05) is 23.7 Å². The van der Waals surface area contributed by atoms with Gasteiger partial charge >= 0.3 is 0 Å². The quantitative estimate of drug-likeness (QED) is 0.694. The van der Waals surface area contributed by atoms with Crippen molar-refractivity contribution in [3.63, 3.8) is 0 Å². The van der Waals surface area contributed by atoms with Crippen molar-refractivity contribution < 1.29 is 13.2 Å². The summed E-state index contributed by atoms with van der Waals surface area (Å²) in [7, 11) is -3.88. The zero-order valence-corrected chi connectivity index (χ0v) is 15.3. The fraction of sp³-hybridized carbons (Fsp3) is 0.118. The van der Waals surface area contributed by atoms with Gasteiger partial charge in [-0.2, -0.15) is 4.98 Å². The highest BCUT2D eigenvalue weighted by molar-refractivity contribution is 7.92. The molecular weight excluding hydrogens is 376 g/mol. The Balaban J connectivity index is 1.85. The number of hydrogen-bond acceptors (Lipinski definition) is 6. The number of nitrogens with one attached hydrogen (secondary N) is 1. The van der Waals surface area contributed by atoms with Crippen LogP contribution in [-0.4, -0.2) is 23.4 Å². The predicted molar refractivity (Wildman–Crippen MR) is 97.6 cm³/mol. The van der Waals surface area contributed by atoms with Crippen LogP contribution < -0.4 is 9.46 Å². The van der Waals surface area contributed by atoms with Gasteiger partial charge in [0, 0.05) is 23.0 Å². The SMILES string of the molecule is Cc1c(Cl)cccc1S(=O)(=O)Nc1cncnc1OCc1cccnc1. The van der Waals surface area contributed by atoms with Gasteiger partial charge in [0.15, 0.2) is 0 Å².